The highest BCUT2D eigenvalue weighted by molar-refractivity contribution is 7.13. The average molecular weight is 469 g/mol. The molecule has 1 saturated heterocycles. The predicted octanol–water partition coefficient (Wildman–Crippen LogP) is 4.67. The van der Waals surface area contributed by atoms with E-state index < -0.39 is 0 Å². The van der Waals surface area contributed by atoms with Gasteiger partial charge in [0, 0.05) is 37.1 Å². The molecule has 1 amide bonds. The van der Waals surface area contributed by atoms with Gasteiger partial charge in [0.1, 0.15) is 0 Å². The van der Waals surface area contributed by atoms with Gasteiger partial charge in [-0.3, -0.25) is 4.79 Å². The van der Waals surface area contributed by atoms with Crippen LogP contribution in [-0.4, -0.2) is 56.6 Å². The zero-order valence-electron chi connectivity index (χ0n) is 18.9. The highest BCUT2D eigenvalue weighted by Crippen LogP contribution is 2.30. The number of thiophene rings is 1. The first kappa shape index (κ1) is 20.8. The Morgan fingerprint density at radius 1 is 0.912 bits per heavy atom. The minimum atomic E-state index is 0.0852. The van der Waals surface area contributed by atoms with Crippen LogP contribution in [0.25, 0.3) is 27.3 Å². The fourth-order valence-electron chi connectivity index (χ4n) is 4.54. The van der Waals surface area contributed by atoms with E-state index in [1.54, 1.807) is 11.3 Å². The van der Waals surface area contributed by atoms with Crippen molar-refractivity contribution >= 4 is 39.7 Å². The first-order valence-corrected chi connectivity index (χ1v) is 12.4. The van der Waals surface area contributed by atoms with Gasteiger partial charge >= 0.3 is 0 Å². The number of rotatable bonds is 3. The molecule has 0 N–H and O–H groups in total. The van der Waals surface area contributed by atoms with Crippen molar-refractivity contribution in [2.24, 2.45) is 0 Å². The maximum atomic E-state index is 13.1. The monoisotopic (exact) mass is 468 g/mol. The van der Waals surface area contributed by atoms with Gasteiger partial charge in [0.15, 0.2) is 11.5 Å². The maximum Gasteiger partial charge on any atom is 0.253 e. The summed E-state index contributed by atoms with van der Waals surface area (Å²) < 4.78 is 2.08. The Kier molecular flexibility index (Phi) is 5.22. The number of hydrogen-bond acceptors (Lipinski definition) is 6. The Hall–Kier alpha value is -3.78. The van der Waals surface area contributed by atoms with Crippen molar-refractivity contribution in [3.63, 3.8) is 0 Å². The van der Waals surface area contributed by atoms with E-state index in [2.05, 4.69) is 25.6 Å². The normalized spacial score (nSPS) is 14.6. The smallest absolute Gasteiger partial charge is 0.253 e. The van der Waals surface area contributed by atoms with Gasteiger partial charge in [0.2, 0.25) is 5.95 Å². The number of fused-ring (bicyclic) bond motifs is 3. The number of anilines is 1. The first-order valence-electron chi connectivity index (χ1n) is 11.5. The van der Waals surface area contributed by atoms with Crippen LogP contribution in [0.4, 0.5) is 5.95 Å². The third-order valence-corrected chi connectivity index (χ3v) is 7.20. The summed E-state index contributed by atoms with van der Waals surface area (Å²) in [5, 5.41) is 12.1. The molecular formula is C26H24N6OS. The second kappa shape index (κ2) is 8.53. The van der Waals surface area contributed by atoms with Gasteiger partial charge in [-0.2, -0.15) is 0 Å². The second-order valence-corrected chi connectivity index (χ2v) is 9.54. The van der Waals surface area contributed by atoms with Crippen molar-refractivity contribution in [3.8, 4) is 10.7 Å². The predicted molar refractivity (Wildman–Crippen MR) is 136 cm³/mol. The molecule has 5 aromatic rings. The van der Waals surface area contributed by atoms with E-state index in [1.807, 2.05) is 71.8 Å². The SMILES string of the molecule is Cc1ccc(C(=O)N2CCCN(c3nc4ccccc4c4nnc(-c5cccs5)n34)CC2)cc1. The van der Waals surface area contributed by atoms with E-state index in [4.69, 9.17) is 4.98 Å². The lowest BCUT2D eigenvalue weighted by atomic mass is 10.1. The quantitative estimate of drug-likeness (QED) is 0.385. The number of carbonyl (C=O) groups excluding carboxylic acids is 1. The second-order valence-electron chi connectivity index (χ2n) is 8.59. The van der Waals surface area contributed by atoms with Gasteiger partial charge in [-0.05, 0) is 49.1 Å². The number of aryl methyl sites for hydroxylation is 1. The third kappa shape index (κ3) is 3.60. The molecule has 1 fully saturated rings. The fourth-order valence-corrected chi connectivity index (χ4v) is 5.24. The molecule has 2 aromatic carbocycles. The van der Waals surface area contributed by atoms with Crippen molar-refractivity contribution in [1.29, 1.82) is 0 Å². The Balaban J connectivity index is 1.38. The van der Waals surface area contributed by atoms with Crippen LogP contribution in [0.15, 0.2) is 66.0 Å². The number of hydrogen-bond donors (Lipinski definition) is 0. The zero-order chi connectivity index (χ0) is 23.1. The topological polar surface area (TPSA) is 66.6 Å². The fraction of sp³-hybridized carbons (Fsp3) is 0.231. The van der Waals surface area contributed by atoms with Gasteiger partial charge in [0.25, 0.3) is 5.91 Å². The minimum absolute atomic E-state index is 0.0852. The summed E-state index contributed by atoms with van der Waals surface area (Å²) in [6, 6.07) is 20.0. The number of carbonyl (C=O) groups is 1. The van der Waals surface area contributed by atoms with Crippen molar-refractivity contribution in [1.82, 2.24) is 24.5 Å². The van der Waals surface area contributed by atoms with E-state index in [0.29, 0.717) is 13.1 Å². The van der Waals surface area contributed by atoms with E-state index in [-0.39, 0.29) is 5.91 Å². The highest BCUT2D eigenvalue weighted by atomic mass is 32.1. The lowest BCUT2D eigenvalue weighted by Crippen LogP contribution is -2.36. The third-order valence-electron chi connectivity index (χ3n) is 6.33. The van der Waals surface area contributed by atoms with Gasteiger partial charge in [-0.15, -0.1) is 21.5 Å². The molecule has 0 radical (unpaired) electrons. The van der Waals surface area contributed by atoms with E-state index >= 15 is 0 Å². The van der Waals surface area contributed by atoms with Crippen molar-refractivity contribution in [2.75, 3.05) is 31.1 Å². The van der Waals surface area contributed by atoms with Crippen LogP contribution in [-0.2, 0) is 0 Å². The highest BCUT2D eigenvalue weighted by Gasteiger charge is 2.25. The standard InChI is InChI=1S/C26H24N6OS/c1-18-9-11-19(12-10-18)25(33)30-13-5-14-31(16-15-30)26-27-21-7-3-2-6-20(21)23-28-29-24(32(23)26)22-8-4-17-34-22/h2-4,6-12,17H,5,13-16H2,1H3. The van der Waals surface area contributed by atoms with Gasteiger partial charge in [0.05, 0.1) is 10.4 Å². The molecule has 0 spiro atoms. The summed E-state index contributed by atoms with van der Waals surface area (Å²) in [7, 11) is 0. The summed E-state index contributed by atoms with van der Waals surface area (Å²) in [6.45, 7) is 4.89. The largest absolute Gasteiger partial charge is 0.340 e. The number of aromatic nitrogens is 4. The summed E-state index contributed by atoms with van der Waals surface area (Å²) in [5.74, 6) is 1.71. The molecule has 8 heteroatoms. The maximum absolute atomic E-state index is 13.1. The minimum Gasteiger partial charge on any atom is -0.340 e. The summed E-state index contributed by atoms with van der Waals surface area (Å²) in [6.07, 6.45) is 0.865. The van der Waals surface area contributed by atoms with Crippen molar-refractivity contribution in [2.45, 2.75) is 13.3 Å². The molecule has 1 aliphatic heterocycles. The number of para-hydroxylation sites is 1. The Labute approximate surface area is 201 Å². The molecular weight excluding hydrogens is 444 g/mol. The van der Waals surface area contributed by atoms with Crippen molar-refractivity contribution in [3.05, 3.63) is 77.2 Å². The number of benzene rings is 2. The number of amides is 1. The van der Waals surface area contributed by atoms with Crippen LogP contribution < -0.4 is 4.90 Å². The molecule has 3 aromatic heterocycles. The van der Waals surface area contributed by atoms with Gasteiger partial charge in [-0.1, -0.05) is 35.9 Å². The zero-order valence-corrected chi connectivity index (χ0v) is 19.7. The van der Waals surface area contributed by atoms with Gasteiger partial charge in [-0.25, -0.2) is 9.38 Å². The molecule has 34 heavy (non-hydrogen) atoms. The van der Waals surface area contributed by atoms with E-state index in [1.165, 1.54) is 0 Å². The van der Waals surface area contributed by atoms with Crippen LogP contribution in [0.1, 0.15) is 22.3 Å². The summed E-state index contributed by atoms with van der Waals surface area (Å²) >= 11 is 1.64. The molecule has 7 nitrogen and oxygen atoms in total. The van der Waals surface area contributed by atoms with E-state index in [0.717, 1.165) is 63.8 Å². The summed E-state index contributed by atoms with van der Waals surface area (Å²) in [4.78, 5) is 23.5. The van der Waals surface area contributed by atoms with Gasteiger partial charge < -0.3 is 9.80 Å². The summed E-state index contributed by atoms with van der Waals surface area (Å²) in [5.41, 5.74) is 3.59. The number of nitrogens with zero attached hydrogens (tertiary/aromatic N) is 6. The molecule has 0 aliphatic carbocycles. The molecule has 0 unspecified atom stereocenters. The van der Waals surface area contributed by atoms with Crippen LogP contribution in [0.2, 0.25) is 0 Å². The average Bonchev–Trinajstić information content (AvgIpc) is 3.49. The van der Waals surface area contributed by atoms with Crippen LogP contribution in [0, 0.1) is 6.92 Å². The molecule has 6 rings (SSSR count). The Bertz CT molecular complexity index is 1480. The van der Waals surface area contributed by atoms with Crippen LogP contribution in [0.5, 0.6) is 0 Å². The van der Waals surface area contributed by atoms with Crippen LogP contribution >= 0.6 is 11.3 Å². The Morgan fingerprint density at radius 2 is 1.76 bits per heavy atom. The first-order chi connectivity index (χ1) is 16.7. The lowest BCUT2D eigenvalue weighted by Gasteiger charge is -2.24. The molecule has 0 saturated carbocycles. The van der Waals surface area contributed by atoms with Crippen LogP contribution in [0.3, 0.4) is 0 Å². The molecule has 1 aliphatic rings. The van der Waals surface area contributed by atoms with Crippen molar-refractivity contribution < 1.29 is 4.79 Å². The molecule has 0 bridgehead atoms. The Morgan fingerprint density at radius 3 is 2.59 bits per heavy atom. The molecule has 0 atom stereocenters. The molecule has 170 valence electrons. The molecule has 4 heterocycles. The lowest BCUT2D eigenvalue weighted by molar-refractivity contribution is 0.0767. The van der Waals surface area contributed by atoms with E-state index in [9.17, 15) is 4.79 Å².